The van der Waals surface area contributed by atoms with Crippen molar-refractivity contribution < 1.29 is 19.1 Å². The summed E-state index contributed by atoms with van der Waals surface area (Å²) >= 11 is 0. The molecule has 0 bridgehead atoms. The fourth-order valence-corrected chi connectivity index (χ4v) is 4.15. The van der Waals surface area contributed by atoms with E-state index >= 15 is 0 Å². The van der Waals surface area contributed by atoms with E-state index in [0.717, 1.165) is 19.3 Å². The quantitative estimate of drug-likeness (QED) is 0.406. The summed E-state index contributed by atoms with van der Waals surface area (Å²) in [7, 11) is 0. The van der Waals surface area contributed by atoms with Crippen LogP contribution in [0.25, 0.3) is 4.85 Å². The summed E-state index contributed by atoms with van der Waals surface area (Å²) < 4.78 is 10.1. The van der Waals surface area contributed by atoms with Crippen LogP contribution in [0.3, 0.4) is 0 Å². The summed E-state index contributed by atoms with van der Waals surface area (Å²) in [5.74, 6) is -0.0804. The zero-order valence-corrected chi connectivity index (χ0v) is 16.0. The Morgan fingerprint density at radius 3 is 2.65 bits per heavy atom. The van der Waals surface area contributed by atoms with Gasteiger partial charge in [0.2, 0.25) is 6.54 Å². The van der Waals surface area contributed by atoms with Crippen molar-refractivity contribution >= 4 is 12.1 Å². The number of nitrogens with one attached hydrogen (secondary N) is 1. The normalized spacial score (nSPS) is 24.0. The Hall–Kier alpha value is -2.28. The van der Waals surface area contributed by atoms with Gasteiger partial charge in [0, 0.05) is 13.0 Å². The fraction of sp³-hybridized carbons (Fsp3) is 0.789. The van der Waals surface area contributed by atoms with Crippen molar-refractivity contribution in [1.82, 2.24) is 5.32 Å². The molecule has 7 heteroatoms. The molecule has 0 saturated heterocycles. The number of carbonyl (C=O) groups is 2. The zero-order chi connectivity index (χ0) is 19.6. The minimum absolute atomic E-state index is 0.0564. The van der Waals surface area contributed by atoms with Gasteiger partial charge in [0.1, 0.15) is 6.61 Å². The summed E-state index contributed by atoms with van der Waals surface area (Å²) in [6, 6.07) is 1.92. The number of esters is 1. The van der Waals surface area contributed by atoms with Crippen molar-refractivity contribution in [2.45, 2.75) is 52.9 Å². The van der Waals surface area contributed by atoms with Gasteiger partial charge in [-0.05, 0) is 36.0 Å². The fourth-order valence-electron chi connectivity index (χ4n) is 4.15. The third-order valence-corrected chi connectivity index (χ3v) is 4.56. The number of hydrogen-bond donors (Lipinski definition) is 1. The lowest BCUT2D eigenvalue weighted by Crippen LogP contribution is -2.44. The number of rotatable bonds is 8. The van der Waals surface area contributed by atoms with Gasteiger partial charge >= 0.3 is 12.1 Å². The van der Waals surface area contributed by atoms with E-state index in [0.29, 0.717) is 13.0 Å². The van der Waals surface area contributed by atoms with E-state index in [1.807, 2.05) is 6.07 Å². The average Bonchev–Trinajstić information content (AvgIpc) is 2.51. The van der Waals surface area contributed by atoms with E-state index in [1.165, 1.54) is 0 Å². The molecule has 0 aromatic rings. The smallest absolute Gasteiger partial charge is 0.407 e. The monoisotopic (exact) mass is 363 g/mol. The maximum atomic E-state index is 12.0. The molecule has 26 heavy (non-hydrogen) atoms. The molecule has 1 amide bonds. The molecule has 1 saturated carbocycles. The Morgan fingerprint density at radius 1 is 1.27 bits per heavy atom. The van der Waals surface area contributed by atoms with Crippen LogP contribution in [0, 0.1) is 34.7 Å². The number of hydrogen-bond acceptors (Lipinski definition) is 5. The zero-order valence-electron chi connectivity index (χ0n) is 16.0. The van der Waals surface area contributed by atoms with E-state index in [4.69, 9.17) is 21.3 Å². The molecule has 2 atom stereocenters. The summed E-state index contributed by atoms with van der Waals surface area (Å²) in [5.41, 5.74) is -0.0850. The Labute approximate surface area is 155 Å². The average molecular weight is 363 g/mol. The van der Waals surface area contributed by atoms with Crippen LogP contribution in [0.5, 0.6) is 0 Å². The molecule has 0 aliphatic heterocycles. The molecule has 1 fully saturated rings. The lowest BCUT2D eigenvalue weighted by molar-refractivity contribution is -0.145. The van der Waals surface area contributed by atoms with Crippen molar-refractivity contribution in [2.75, 3.05) is 26.3 Å². The third-order valence-electron chi connectivity index (χ3n) is 4.56. The highest BCUT2D eigenvalue weighted by Gasteiger charge is 2.42. The molecule has 7 nitrogen and oxygen atoms in total. The molecular weight excluding hydrogens is 334 g/mol. The van der Waals surface area contributed by atoms with E-state index < -0.39 is 6.09 Å². The molecular formula is C19H29N3O4. The standard InChI is InChI=1S/C19H29N3O4/c1-18(2)11-15(10-16(23)25-9-7-21-4)12-19(3,13-18)14-22-17(24)26-8-5-6-20/h15H,5,7-14H2,1-3H3,(H,22,24). The van der Waals surface area contributed by atoms with E-state index in [-0.39, 0.29) is 48.9 Å². The van der Waals surface area contributed by atoms with Crippen LogP contribution in [0.15, 0.2) is 0 Å². The van der Waals surface area contributed by atoms with Gasteiger partial charge in [-0.25, -0.2) is 11.4 Å². The minimum atomic E-state index is -0.514. The lowest BCUT2D eigenvalue weighted by Gasteiger charge is -2.46. The molecule has 0 aromatic heterocycles. The van der Waals surface area contributed by atoms with Crippen molar-refractivity contribution in [1.29, 1.82) is 5.26 Å². The predicted octanol–water partition coefficient (Wildman–Crippen LogP) is 3.31. The van der Waals surface area contributed by atoms with Crippen LogP contribution in [0.2, 0.25) is 0 Å². The molecule has 0 heterocycles. The first-order chi connectivity index (χ1) is 12.2. The van der Waals surface area contributed by atoms with Crippen LogP contribution in [0.4, 0.5) is 4.79 Å². The predicted molar refractivity (Wildman–Crippen MR) is 95.9 cm³/mol. The van der Waals surface area contributed by atoms with Gasteiger partial charge in [-0.15, -0.1) is 0 Å². The van der Waals surface area contributed by atoms with Crippen molar-refractivity contribution in [3.8, 4) is 6.07 Å². The highest BCUT2D eigenvalue weighted by Crippen LogP contribution is 2.49. The van der Waals surface area contributed by atoms with E-state index in [2.05, 4.69) is 30.9 Å². The maximum absolute atomic E-state index is 12.0. The van der Waals surface area contributed by atoms with Crippen molar-refractivity contribution in [3.05, 3.63) is 11.4 Å². The van der Waals surface area contributed by atoms with Gasteiger partial charge in [0.25, 0.3) is 0 Å². The first-order valence-electron chi connectivity index (χ1n) is 8.96. The van der Waals surface area contributed by atoms with Crippen LogP contribution < -0.4 is 5.32 Å². The van der Waals surface area contributed by atoms with Gasteiger partial charge in [-0.3, -0.25) is 4.79 Å². The molecule has 0 spiro atoms. The number of nitrogens with zero attached hydrogens (tertiary/aromatic N) is 2. The second kappa shape index (κ2) is 10.0. The molecule has 1 rings (SSSR count). The van der Waals surface area contributed by atoms with Gasteiger partial charge in [0.05, 0.1) is 12.5 Å². The summed E-state index contributed by atoms with van der Waals surface area (Å²) in [4.78, 5) is 26.9. The van der Waals surface area contributed by atoms with Gasteiger partial charge in [0.15, 0.2) is 6.61 Å². The van der Waals surface area contributed by atoms with Gasteiger partial charge < -0.3 is 19.6 Å². The van der Waals surface area contributed by atoms with Crippen molar-refractivity contribution in [3.63, 3.8) is 0 Å². The maximum Gasteiger partial charge on any atom is 0.407 e. The molecule has 1 N–H and O–H groups in total. The first kappa shape index (κ1) is 21.8. The highest BCUT2D eigenvalue weighted by molar-refractivity contribution is 5.69. The molecule has 144 valence electrons. The number of carbonyl (C=O) groups excluding carboxylic acids is 2. The SMILES string of the molecule is [C-]#[N+]CCOC(=O)CC1CC(C)(C)CC(C)(CNC(=O)OCCC#N)C1. The van der Waals surface area contributed by atoms with Crippen LogP contribution >= 0.6 is 0 Å². The van der Waals surface area contributed by atoms with Crippen molar-refractivity contribution in [2.24, 2.45) is 16.7 Å². The van der Waals surface area contributed by atoms with Crippen LogP contribution in [0.1, 0.15) is 52.9 Å². The second-order valence-electron chi connectivity index (χ2n) is 8.13. The third kappa shape index (κ3) is 8.20. The molecule has 1 aliphatic rings. The lowest BCUT2D eigenvalue weighted by atomic mass is 9.60. The largest absolute Gasteiger partial charge is 0.458 e. The molecule has 1 aliphatic carbocycles. The van der Waals surface area contributed by atoms with Gasteiger partial charge in [-0.2, -0.15) is 5.26 Å². The Bertz CT molecular complexity index is 576. The second-order valence-corrected chi connectivity index (χ2v) is 8.13. The van der Waals surface area contributed by atoms with Crippen LogP contribution in [-0.4, -0.2) is 38.4 Å². The Balaban J connectivity index is 2.56. The number of amides is 1. The molecule has 0 radical (unpaired) electrons. The minimum Gasteiger partial charge on any atom is -0.458 e. The highest BCUT2D eigenvalue weighted by atomic mass is 16.5. The summed E-state index contributed by atoms with van der Waals surface area (Å²) in [5, 5.41) is 11.3. The number of ether oxygens (including phenoxy) is 2. The summed E-state index contributed by atoms with van der Waals surface area (Å²) in [6.45, 7) is 14.1. The van der Waals surface area contributed by atoms with E-state index in [1.54, 1.807) is 0 Å². The number of nitriles is 1. The summed E-state index contributed by atoms with van der Waals surface area (Å²) in [6.07, 6.45) is 2.67. The first-order valence-corrected chi connectivity index (χ1v) is 8.96. The number of alkyl carbamates (subject to hydrolysis) is 1. The Morgan fingerprint density at radius 2 is 2.00 bits per heavy atom. The van der Waals surface area contributed by atoms with Crippen LogP contribution in [-0.2, 0) is 14.3 Å². The van der Waals surface area contributed by atoms with Gasteiger partial charge in [-0.1, -0.05) is 20.8 Å². The Kier molecular flexibility index (Phi) is 8.38. The van der Waals surface area contributed by atoms with E-state index in [9.17, 15) is 9.59 Å². The molecule has 2 unspecified atom stereocenters. The topological polar surface area (TPSA) is 92.8 Å². The molecule has 0 aromatic carbocycles.